The van der Waals surface area contributed by atoms with Crippen molar-refractivity contribution in [3.8, 4) is 0 Å². The number of nitrogens with zero attached hydrogens (tertiary/aromatic N) is 3. The summed E-state index contributed by atoms with van der Waals surface area (Å²) in [7, 11) is 0. The number of carbonyl (C=O) groups excluding carboxylic acids is 1. The third-order valence-electron chi connectivity index (χ3n) is 4.61. The quantitative estimate of drug-likeness (QED) is 0.320. The minimum atomic E-state index is -0.539. The first-order chi connectivity index (χ1) is 13.0. The minimum absolute atomic E-state index is 0.0460. The molecule has 1 aromatic heterocycles. The van der Waals surface area contributed by atoms with E-state index in [0.717, 1.165) is 37.3 Å². The highest BCUT2D eigenvalue weighted by molar-refractivity contribution is 5.91. The standard InChI is InChI=1S/C20H23N3O4/c1-15-6-4-7-17(21-15)8-5-13-27-20(24)16-9-10-18(19(14-16)23(25)26)22-11-2-3-12-22/h4,6-7,9-10,14H,2-3,5,8,11-13H2,1H3. The monoisotopic (exact) mass is 369 g/mol. The SMILES string of the molecule is Cc1cccc(CCCOC(=O)c2ccc(N3CCCC3)c([N+](=O)[O-])c2)n1. The normalized spacial score (nSPS) is 13.6. The zero-order chi connectivity index (χ0) is 19.2. The molecule has 0 amide bonds. The van der Waals surface area contributed by atoms with Crippen LogP contribution in [0.1, 0.15) is 41.0 Å². The van der Waals surface area contributed by atoms with E-state index in [2.05, 4.69) is 4.98 Å². The van der Waals surface area contributed by atoms with Crippen molar-refractivity contribution < 1.29 is 14.5 Å². The van der Waals surface area contributed by atoms with Crippen LogP contribution in [-0.4, -0.2) is 35.6 Å². The molecule has 0 unspecified atom stereocenters. The Labute approximate surface area is 158 Å². The van der Waals surface area contributed by atoms with Gasteiger partial charge >= 0.3 is 5.97 Å². The van der Waals surface area contributed by atoms with Crippen molar-refractivity contribution in [2.75, 3.05) is 24.6 Å². The van der Waals surface area contributed by atoms with Crippen molar-refractivity contribution in [2.24, 2.45) is 0 Å². The Bertz CT molecular complexity index is 832. The molecule has 0 aliphatic carbocycles. The molecule has 1 aliphatic heterocycles. The Balaban J connectivity index is 1.59. The second-order valence-electron chi connectivity index (χ2n) is 6.66. The maximum absolute atomic E-state index is 12.2. The molecular weight excluding hydrogens is 346 g/mol. The lowest BCUT2D eigenvalue weighted by molar-refractivity contribution is -0.384. The van der Waals surface area contributed by atoms with Crippen molar-refractivity contribution in [1.29, 1.82) is 0 Å². The molecule has 1 saturated heterocycles. The molecule has 0 saturated carbocycles. The molecule has 142 valence electrons. The van der Waals surface area contributed by atoms with Gasteiger partial charge in [-0.3, -0.25) is 15.1 Å². The summed E-state index contributed by atoms with van der Waals surface area (Å²) in [6.07, 6.45) is 3.41. The minimum Gasteiger partial charge on any atom is -0.462 e. The van der Waals surface area contributed by atoms with Crippen LogP contribution in [-0.2, 0) is 11.2 Å². The van der Waals surface area contributed by atoms with Gasteiger partial charge in [-0.05, 0) is 56.9 Å². The Kier molecular flexibility index (Phi) is 6.01. The largest absolute Gasteiger partial charge is 0.462 e. The highest BCUT2D eigenvalue weighted by Crippen LogP contribution is 2.31. The maximum Gasteiger partial charge on any atom is 0.338 e. The van der Waals surface area contributed by atoms with Crippen molar-refractivity contribution >= 4 is 17.3 Å². The van der Waals surface area contributed by atoms with Crippen LogP contribution in [0.4, 0.5) is 11.4 Å². The number of hydrogen-bond donors (Lipinski definition) is 0. The summed E-state index contributed by atoms with van der Waals surface area (Å²) >= 11 is 0. The van der Waals surface area contributed by atoms with Gasteiger partial charge in [0.05, 0.1) is 17.1 Å². The highest BCUT2D eigenvalue weighted by Gasteiger charge is 2.24. The molecule has 0 atom stereocenters. The molecule has 7 nitrogen and oxygen atoms in total. The molecule has 0 radical (unpaired) electrons. The molecule has 3 rings (SSSR count). The smallest absolute Gasteiger partial charge is 0.338 e. The van der Waals surface area contributed by atoms with Gasteiger partial charge < -0.3 is 9.64 Å². The van der Waals surface area contributed by atoms with Crippen LogP contribution in [0.3, 0.4) is 0 Å². The molecule has 1 aromatic carbocycles. The van der Waals surface area contributed by atoms with Gasteiger partial charge in [0, 0.05) is 30.5 Å². The van der Waals surface area contributed by atoms with E-state index < -0.39 is 10.9 Å². The number of anilines is 1. The van der Waals surface area contributed by atoms with E-state index in [1.165, 1.54) is 6.07 Å². The van der Waals surface area contributed by atoms with Gasteiger partial charge in [0.25, 0.3) is 5.69 Å². The summed E-state index contributed by atoms with van der Waals surface area (Å²) in [5.74, 6) is -0.539. The molecule has 0 bridgehead atoms. The zero-order valence-corrected chi connectivity index (χ0v) is 15.4. The topological polar surface area (TPSA) is 85.6 Å². The first kappa shape index (κ1) is 18.8. The second kappa shape index (κ2) is 8.62. The zero-order valence-electron chi connectivity index (χ0n) is 15.4. The highest BCUT2D eigenvalue weighted by atomic mass is 16.6. The molecule has 0 N–H and O–H groups in total. The number of rotatable bonds is 7. The molecule has 0 spiro atoms. The molecular formula is C20H23N3O4. The van der Waals surface area contributed by atoms with E-state index in [-0.39, 0.29) is 17.9 Å². The van der Waals surface area contributed by atoms with Crippen molar-refractivity contribution in [3.63, 3.8) is 0 Å². The number of nitro benzene ring substituents is 1. The van der Waals surface area contributed by atoms with Crippen molar-refractivity contribution in [3.05, 3.63) is 63.5 Å². The van der Waals surface area contributed by atoms with E-state index in [9.17, 15) is 14.9 Å². The number of aryl methyl sites for hydroxylation is 2. The van der Waals surface area contributed by atoms with E-state index in [0.29, 0.717) is 18.5 Å². The predicted molar refractivity (Wildman–Crippen MR) is 102 cm³/mol. The average molecular weight is 369 g/mol. The number of hydrogen-bond acceptors (Lipinski definition) is 6. The molecule has 27 heavy (non-hydrogen) atoms. The molecule has 2 heterocycles. The van der Waals surface area contributed by atoms with Gasteiger partial charge in [0.15, 0.2) is 0 Å². The van der Waals surface area contributed by atoms with Crippen LogP contribution >= 0.6 is 0 Å². The summed E-state index contributed by atoms with van der Waals surface area (Å²) in [5.41, 5.74) is 2.64. The lowest BCUT2D eigenvalue weighted by atomic mass is 10.1. The fourth-order valence-electron chi connectivity index (χ4n) is 3.26. The fourth-order valence-corrected chi connectivity index (χ4v) is 3.26. The summed E-state index contributed by atoms with van der Waals surface area (Å²) in [4.78, 5) is 29.6. The number of pyridine rings is 1. The Morgan fingerprint density at radius 2 is 2.04 bits per heavy atom. The number of esters is 1. The van der Waals surface area contributed by atoms with Gasteiger partial charge in [-0.15, -0.1) is 0 Å². The summed E-state index contributed by atoms with van der Waals surface area (Å²) < 4.78 is 5.28. The van der Waals surface area contributed by atoms with Gasteiger partial charge in [-0.2, -0.15) is 0 Å². The number of benzene rings is 1. The van der Waals surface area contributed by atoms with Gasteiger partial charge in [-0.25, -0.2) is 4.79 Å². The van der Waals surface area contributed by atoms with Crippen LogP contribution in [0.5, 0.6) is 0 Å². The van der Waals surface area contributed by atoms with E-state index in [4.69, 9.17) is 4.74 Å². The van der Waals surface area contributed by atoms with Crippen LogP contribution in [0.15, 0.2) is 36.4 Å². The first-order valence-corrected chi connectivity index (χ1v) is 9.17. The van der Waals surface area contributed by atoms with E-state index >= 15 is 0 Å². The molecule has 2 aromatic rings. The predicted octanol–water partition coefficient (Wildman–Crippen LogP) is 3.69. The van der Waals surface area contributed by atoms with Gasteiger partial charge in [0.2, 0.25) is 0 Å². The van der Waals surface area contributed by atoms with Crippen LogP contribution in [0, 0.1) is 17.0 Å². The van der Waals surface area contributed by atoms with E-state index in [1.807, 2.05) is 30.0 Å². The summed E-state index contributed by atoms with van der Waals surface area (Å²) in [5, 5.41) is 11.4. The van der Waals surface area contributed by atoms with Crippen molar-refractivity contribution in [1.82, 2.24) is 4.98 Å². The van der Waals surface area contributed by atoms with Gasteiger partial charge in [-0.1, -0.05) is 6.07 Å². The number of nitro groups is 1. The second-order valence-corrected chi connectivity index (χ2v) is 6.66. The van der Waals surface area contributed by atoms with Crippen LogP contribution < -0.4 is 4.90 Å². The van der Waals surface area contributed by atoms with E-state index in [1.54, 1.807) is 12.1 Å². The average Bonchev–Trinajstić information content (AvgIpc) is 3.19. The first-order valence-electron chi connectivity index (χ1n) is 9.17. The Morgan fingerprint density at radius 1 is 1.26 bits per heavy atom. The Hall–Kier alpha value is -2.96. The number of aromatic nitrogens is 1. The summed E-state index contributed by atoms with van der Waals surface area (Å²) in [6.45, 7) is 3.79. The molecule has 1 fully saturated rings. The lowest BCUT2D eigenvalue weighted by Crippen LogP contribution is -2.19. The maximum atomic E-state index is 12.2. The van der Waals surface area contributed by atoms with Crippen LogP contribution in [0.2, 0.25) is 0 Å². The van der Waals surface area contributed by atoms with Crippen LogP contribution in [0.25, 0.3) is 0 Å². The van der Waals surface area contributed by atoms with Crippen molar-refractivity contribution in [2.45, 2.75) is 32.6 Å². The third-order valence-corrected chi connectivity index (χ3v) is 4.61. The van der Waals surface area contributed by atoms with Gasteiger partial charge in [0.1, 0.15) is 5.69 Å². The lowest BCUT2D eigenvalue weighted by Gasteiger charge is -2.17. The fraction of sp³-hybridized carbons (Fsp3) is 0.400. The number of ether oxygens (including phenoxy) is 1. The summed E-state index contributed by atoms with van der Waals surface area (Å²) in [6, 6.07) is 10.4. The Morgan fingerprint density at radius 3 is 2.74 bits per heavy atom. The molecule has 7 heteroatoms. The molecule has 1 aliphatic rings. The third kappa shape index (κ3) is 4.81. The number of carbonyl (C=O) groups is 1.